The number of carboxylic acid groups (broad SMARTS) is 1. The molecule has 0 aromatic rings. The molecular weight excluding hydrogens is 544 g/mol. The first-order valence-electron chi connectivity index (χ1n) is 10.3. The Morgan fingerprint density at radius 3 is 1.92 bits per heavy atom. The van der Waals surface area contributed by atoms with E-state index in [0.717, 1.165) is 0 Å². The standard InChI is InChI=1S/C16H28O18S2/c1-3-28-5-6-7(17)9(33-35(22,23)24)8(18)16(30-6)32-11-10(29-4-2)13(34-36(25,26)27)15(21)31-12(11)14(19)20/h6-13,15-18,21H,3-5H2,1-2H3,(H,19,20)(H,22,23,24)(H,25,26,27)/t6-,7+,8-,9+,10+,11+,12-,13-,15-,16+/m1/s1. The Bertz CT molecular complexity index is 939. The molecule has 18 nitrogen and oxygen atoms in total. The van der Waals surface area contributed by atoms with Crippen molar-refractivity contribution in [1.82, 2.24) is 0 Å². The smallest absolute Gasteiger partial charge is 0.397 e. The molecule has 0 unspecified atom stereocenters. The zero-order chi connectivity index (χ0) is 27.4. The third-order valence-corrected chi connectivity index (χ3v) is 5.93. The Morgan fingerprint density at radius 1 is 0.833 bits per heavy atom. The molecule has 2 aliphatic rings. The third kappa shape index (κ3) is 8.19. The van der Waals surface area contributed by atoms with Crippen LogP contribution in [-0.2, 0) is 57.6 Å². The summed E-state index contributed by atoms with van der Waals surface area (Å²) in [5, 5.41) is 40.6. The van der Waals surface area contributed by atoms with Crippen molar-refractivity contribution in [3.05, 3.63) is 0 Å². The second-order valence-corrected chi connectivity index (χ2v) is 9.56. The van der Waals surface area contributed by atoms with Crippen LogP contribution in [0, 0.1) is 0 Å². The van der Waals surface area contributed by atoms with Crippen molar-refractivity contribution in [3.8, 4) is 0 Å². The summed E-state index contributed by atoms with van der Waals surface area (Å²) >= 11 is 0. The molecule has 0 aromatic carbocycles. The second kappa shape index (κ2) is 12.6. The highest BCUT2D eigenvalue weighted by atomic mass is 32.3. The summed E-state index contributed by atoms with van der Waals surface area (Å²) < 4.78 is 98.0. The maximum atomic E-state index is 11.8. The van der Waals surface area contributed by atoms with E-state index >= 15 is 0 Å². The summed E-state index contributed by atoms with van der Waals surface area (Å²) in [6, 6.07) is 0. The van der Waals surface area contributed by atoms with Crippen LogP contribution < -0.4 is 0 Å². The number of carboxylic acids is 1. The summed E-state index contributed by atoms with van der Waals surface area (Å²) in [6.45, 7) is 2.45. The fourth-order valence-corrected chi connectivity index (χ4v) is 4.59. The summed E-state index contributed by atoms with van der Waals surface area (Å²) in [4.78, 5) is 11.8. The Hall–Kier alpha value is -1.11. The molecule has 2 aliphatic heterocycles. The highest BCUT2D eigenvalue weighted by Crippen LogP contribution is 2.33. The number of hydrogen-bond acceptors (Lipinski definition) is 15. The normalized spacial score (nSPS) is 38.1. The first kappa shape index (κ1) is 31.1. The van der Waals surface area contributed by atoms with Crippen LogP contribution in [0.4, 0.5) is 0 Å². The van der Waals surface area contributed by atoms with Crippen molar-refractivity contribution < 1.29 is 83.2 Å². The molecule has 2 rings (SSSR count). The zero-order valence-corrected chi connectivity index (χ0v) is 20.4. The van der Waals surface area contributed by atoms with E-state index in [2.05, 4.69) is 8.37 Å². The van der Waals surface area contributed by atoms with Crippen molar-refractivity contribution in [1.29, 1.82) is 0 Å². The van der Waals surface area contributed by atoms with E-state index in [9.17, 15) is 42.1 Å². The van der Waals surface area contributed by atoms with Gasteiger partial charge in [0.15, 0.2) is 24.8 Å². The van der Waals surface area contributed by atoms with Crippen LogP contribution in [0.2, 0.25) is 0 Å². The predicted molar refractivity (Wildman–Crippen MR) is 109 cm³/mol. The van der Waals surface area contributed by atoms with Crippen molar-refractivity contribution in [3.63, 3.8) is 0 Å². The first-order chi connectivity index (χ1) is 16.6. The van der Waals surface area contributed by atoms with Gasteiger partial charge in [-0.15, -0.1) is 0 Å². The van der Waals surface area contributed by atoms with E-state index < -0.39 is 94.8 Å². The number of aliphatic hydroxyl groups is 3. The first-order valence-corrected chi connectivity index (χ1v) is 13.1. The molecule has 0 saturated carbocycles. The van der Waals surface area contributed by atoms with Gasteiger partial charge >= 0.3 is 26.8 Å². The van der Waals surface area contributed by atoms with Crippen molar-refractivity contribution in [2.24, 2.45) is 0 Å². The summed E-state index contributed by atoms with van der Waals surface area (Å²) in [5.74, 6) is -1.75. The number of ether oxygens (including phenoxy) is 5. The Balaban J connectivity index is 2.44. The van der Waals surface area contributed by atoms with Gasteiger partial charge in [-0.1, -0.05) is 0 Å². The zero-order valence-electron chi connectivity index (χ0n) is 18.8. The number of aliphatic hydroxyl groups excluding tert-OH is 3. The molecule has 0 radical (unpaired) electrons. The van der Waals surface area contributed by atoms with E-state index in [0.29, 0.717) is 0 Å². The van der Waals surface area contributed by atoms with Gasteiger partial charge in [0.2, 0.25) is 0 Å². The van der Waals surface area contributed by atoms with Crippen LogP contribution in [0.5, 0.6) is 0 Å². The number of aliphatic carboxylic acids is 1. The fraction of sp³-hybridized carbons (Fsp3) is 0.938. The SMILES string of the molecule is CCOC[C@H]1O[C@@H](O[C@H]2[C@H](OCC)[C@@H](OS(=O)(=O)O)[C@H](O)O[C@H]2C(=O)O)[C@H](O)[C@@H](OS(=O)(=O)O)[C@H]1O. The van der Waals surface area contributed by atoms with Crippen LogP contribution in [-0.4, -0.2) is 134 Å². The van der Waals surface area contributed by atoms with Crippen LogP contribution in [0.25, 0.3) is 0 Å². The second-order valence-electron chi connectivity index (χ2n) is 7.47. The summed E-state index contributed by atoms with van der Waals surface area (Å²) in [6.07, 6.45) is -19.8. The average Bonchev–Trinajstić information content (AvgIpc) is 2.74. The van der Waals surface area contributed by atoms with Crippen molar-refractivity contribution in [2.45, 2.75) is 75.3 Å². The number of carbonyl (C=O) groups is 1. The molecule has 0 spiro atoms. The van der Waals surface area contributed by atoms with Crippen LogP contribution in [0.3, 0.4) is 0 Å². The third-order valence-electron chi connectivity index (χ3n) is 5.00. The van der Waals surface area contributed by atoms with Crippen LogP contribution in [0.15, 0.2) is 0 Å². The van der Waals surface area contributed by atoms with E-state index in [4.69, 9.17) is 32.8 Å². The molecule has 2 heterocycles. The largest absolute Gasteiger partial charge is 0.479 e. The van der Waals surface area contributed by atoms with Gasteiger partial charge < -0.3 is 44.1 Å². The van der Waals surface area contributed by atoms with Crippen molar-refractivity contribution >= 4 is 26.8 Å². The molecule has 36 heavy (non-hydrogen) atoms. The predicted octanol–water partition coefficient (Wildman–Crippen LogP) is -3.56. The van der Waals surface area contributed by atoms with E-state index in [-0.39, 0.29) is 13.2 Å². The van der Waals surface area contributed by atoms with Gasteiger partial charge in [-0.3, -0.25) is 9.11 Å². The van der Waals surface area contributed by atoms with Crippen LogP contribution >= 0.6 is 0 Å². The highest BCUT2D eigenvalue weighted by Gasteiger charge is 2.55. The molecule has 20 heteroatoms. The maximum Gasteiger partial charge on any atom is 0.397 e. The quantitative estimate of drug-likeness (QED) is 0.123. The minimum atomic E-state index is -5.24. The molecule has 10 atom stereocenters. The fourth-order valence-electron chi connectivity index (χ4n) is 3.59. The molecule has 0 aliphatic carbocycles. The van der Waals surface area contributed by atoms with Gasteiger partial charge in [-0.2, -0.15) is 16.8 Å². The Kier molecular flexibility index (Phi) is 10.9. The van der Waals surface area contributed by atoms with E-state index in [1.54, 1.807) is 6.92 Å². The van der Waals surface area contributed by atoms with Crippen molar-refractivity contribution in [2.75, 3.05) is 19.8 Å². The minimum Gasteiger partial charge on any atom is -0.479 e. The molecule has 212 valence electrons. The molecular formula is C16H28O18S2. The topological polar surface area (TPSA) is 271 Å². The monoisotopic (exact) mass is 572 g/mol. The Labute approximate surface area is 205 Å². The number of hydrogen-bond donors (Lipinski definition) is 6. The molecule has 2 fully saturated rings. The lowest BCUT2D eigenvalue weighted by Gasteiger charge is -2.46. The summed E-state index contributed by atoms with van der Waals surface area (Å²) in [7, 11) is -10.5. The number of rotatable bonds is 12. The Morgan fingerprint density at radius 2 is 1.42 bits per heavy atom. The van der Waals surface area contributed by atoms with E-state index in [1.165, 1.54) is 6.92 Å². The minimum absolute atomic E-state index is 0.112. The molecule has 0 aromatic heterocycles. The lowest BCUT2D eigenvalue weighted by atomic mass is 9.96. The van der Waals surface area contributed by atoms with Gasteiger partial charge in [0.25, 0.3) is 0 Å². The lowest BCUT2D eigenvalue weighted by molar-refractivity contribution is -0.350. The summed E-state index contributed by atoms with van der Waals surface area (Å²) in [5.41, 5.74) is 0. The highest BCUT2D eigenvalue weighted by molar-refractivity contribution is 7.81. The van der Waals surface area contributed by atoms with Gasteiger partial charge in [-0.05, 0) is 13.8 Å². The van der Waals surface area contributed by atoms with Gasteiger partial charge in [0.05, 0.1) is 6.61 Å². The van der Waals surface area contributed by atoms with E-state index in [1.807, 2.05) is 0 Å². The lowest BCUT2D eigenvalue weighted by Crippen LogP contribution is -2.66. The van der Waals surface area contributed by atoms with Gasteiger partial charge in [0, 0.05) is 13.2 Å². The molecule has 6 N–H and O–H groups in total. The van der Waals surface area contributed by atoms with Gasteiger partial charge in [-0.25, -0.2) is 13.2 Å². The molecule has 0 amide bonds. The maximum absolute atomic E-state index is 11.8. The van der Waals surface area contributed by atoms with Gasteiger partial charge in [0.1, 0.15) is 36.6 Å². The van der Waals surface area contributed by atoms with Crippen LogP contribution in [0.1, 0.15) is 13.8 Å². The molecule has 0 bridgehead atoms. The average molecular weight is 573 g/mol. The molecule has 2 saturated heterocycles.